The van der Waals surface area contributed by atoms with Crippen LogP contribution in [0.3, 0.4) is 0 Å². The number of rotatable bonds is 3. The van der Waals surface area contributed by atoms with E-state index in [-0.39, 0.29) is 0 Å². The van der Waals surface area contributed by atoms with E-state index in [0.717, 1.165) is 4.99 Å². The quantitative estimate of drug-likeness (QED) is 0.707. The molecule has 0 unspecified atom stereocenters. The van der Waals surface area contributed by atoms with Crippen molar-refractivity contribution < 1.29 is 0 Å². The molecule has 4 heteroatoms. The van der Waals surface area contributed by atoms with Gasteiger partial charge in [0.2, 0.25) is 0 Å². The molecule has 0 aromatic heterocycles. The van der Waals surface area contributed by atoms with Crippen molar-refractivity contribution in [2.24, 2.45) is 5.73 Å². The standard InChI is InChI=1S/C9H16N2S2/c10-8(12)6-9(13)11-7-4-2-1-3-5-7/h7H,1-6H2,(H2,10,12)(H,11,13). The van der Waals surface area contributed by atoms with Crippen LogP contribution in [-0.4, -0.2) is 16.0 Å². The second-order valence-corrected chi connectivity index (χ2v) is 4.56. The molecule has 3 N–H and O–H groups in total. The van der Waals surface area contributed by atoms with Crippen molar-refractivity contribution in [3.8, 4) is 0 Å². The number of hydrogen-bond donors (Lipinski definition) is 2. The lowest BCUT2D eigenvalue weighted by Gasteiger charge is -2.23. The van der Waals surface area contributed by atoms with Crippen LogP contribution in [0, 0.1) is 0 Å². The molecule has 2 nitrogen and oxygen atoms in total. The highest BCUT2D eigenvalue weighted by atomic mass is 32.1. The number of thiocarbonyl (C=S) groups is 2. The van der Waals surface area contributed by atoms with Crippen LogP contribution in [0.4, 0.5) is 0 Å². The summed E-state index contributed by atoms with van der Waals surface area (Å²) >= 11 is 9.92. The molecule has 1 fully saturated rings. The van der Waals surface area contributed by atoms with Gasteiger partial charge in [0.1, 0.15) is 0 Å². The van der Waals surface area contributed by atoms with E-state index in [4.69, 9.17) is 30.2 Å². The molecule has 0 amide bonds. The molecule has 0 atom stereocenters. The highest BCUT2D eigenvalue weighted by Crippen LogP contribution is 2.17. The molecule has 0 radical (unpaired) electrons. The van der Waals surface area contributed by atoms with Gasteiger partial charge in [0.15, 0.2) is 0 Å². The zero-order chi connectivity index (χ0) is 9.68. The van der Waals surface area contributed by atoms with Crippen LogP contribution in [0.2, 0.25) is 0 Å². The average molecular weight is 216 g/mol. The predicted octanol–water partition coefficient (Wildman–Crippen LogP) is 1.91. The van der Waals surface area contributed by atoms with Crippen molar-refractivity contribution in [2.45, 2.75) is 44.6 Å². The Morgan fingerprint density at radius 3 is 2.38 bits per heavy atom. The van der Waals surface area contributed by atoms with Crippen molar-refractivity contribution in [3.63, 3.8) is 0 Å². The van der Waals surface area contributed by atoms with Gasteiger partial charge in [-0.1, -0.05) is 43.7 Å². The number of nitrogens with two attached hydrogens (primary N) is 1. The van der Waals surface area contributed by atoms with Crippen LogP contribution in [0.5, 0.6) is 0 Å². The van der Waals surface area contributed by atoms with E-state index in [1.165, 1.54) is 32.1 Å². The minimum absolute atomic E-state index is 0.480. The lowest BCUT2D eigenvalue weighted by Crippen LogP contribution is -2.36. The third kappa shape index (κ3) is 4.52. The summed E-state index contributed by atoms with van der Waals surface area (Å²) in [6.45, 7) is 0. The summed E-state index contributed by atoms with van der Waals surface area (Å²) in [6, 6.07) is 0.565. The van der Waals surface area contributed by atoms with Crippen molar-refractivity contribution in [1.82, 2.24) is 5.32 Å². The normalized spacial score (nSPS) is 18.2. The third-order valence-corrected chi connectivity index (χ3v) is 2.71. The van der Waals surface area contributed by atoms with Crippen molar-refractivity contribution in [1.29, 1.82) is 0 Å². The van der Waals surface area contributed by atoms with Gasteiger partial charge in [-0.15, -0.1) is 0 Å². The monoisotopic (exact) mass is 216 g/mol. The van der Waals surface area contributed by atoms with Gasteiger partial charge in [0.05, 0.1) is 9.98 Å². The Labute approximate surface area is 90.3 Å². The topological polar surface area (TPSA) is 38.0 Å². The fraction of sp³-hybridized carbons (Fsp3) is 0.778. The Morgan fingerprint density at radius 1 is 1.23 bits per heavy atom. The summed E-state index contributed by atoms with van der Waals surface area (Å²) in [5.41, 5.74) is 5.40. The molecule has 1 rings (SSSR count). The van der Waals surface area contributed by atoms with E-state index >= 15 is 0 Å². The van der Waals surface area contributed by atoms with Gasteiger partial charge in [-0.25, -0.2) is 0 Å². The van der Waals surface area contributed by atoms with E-state index < -0.39 is 0 Å². The molecule has 1 aliphatic rings. The van der Waals surface area contributed by atoms with Gasteiger partial charge in [-0.2, -0.15) is 0 Å². The molecule has 1 saturated carbocycles. The Morgan fingerprint density at radius 2 is 1.85 bits per heavy atom. The molecule has 74 valence electrons. The largest absolute Gasteiger partial charge is 0.393 e. The van der Waals surface area contributed by atoms with Crippen LogP contribution in [0.15, 0.2) is 0 Å². The molecule has 0 aromatic rings. The molecular weight excluding hydrogens is 200 g/mol. The summed E-state index contributed by atoms with van der Waals surface area (Å²) in [7, 11) is 0. The maximum atomic E-state index is 5.40. The first kappa shape index (κ1) is 10.9. The lowest BCUT2D eigenvalue weighted by atomic mass is 9.95. The van der Waals surface area contributed by atoms with Crippen molar-refractivity contribution in [2.75, 3.05) is 0 Å². The first-order valence-corrected chi connectivity index (χ1v) is 5.58. The van der Waals surface area contributed by atoms with Crippen LogP contribution in [0.1, 0.15) is 38.5 Å². The molecule has 0 saturated heterocycles. The van der Waals surface area contributed by atoms with Crippen LogP contribution in [0.25, 0.3) is 0 Å². The highest BCUT2D eigenvalue weighted by Gasteiger charge is 2.13. The Kier molecular flexibility index (Phi) is 4.59. The highest BCUT2D eigenvalue weighted by molar-refractivity contribution is 7.82. The van der Waals surface area contributed by atoms with E-state index in [2.05, 4.69) is 5.32 Å². The second-order valence-electron chi connectivity index (χ2n) is 3.55. The van der Waals surface area contributed by atoms with E-state index in [9.17, 15) is 0 Å². The molecule has 13 heavy (non-hydrogen) atoms. The zero-order valence-corrected chi connectivity index (χ0v) is 9.35. The summed E-state index contributed by atoms with van der Waals surface area (Å²) < 4.78 is 0. The Balaban J connectivity index is 2.22. The Hall–Kier alpha value is -0.220. The minimum Gasteiger partial charge on any atom is -0.393 e. The van der Waals surface area contributed by atoms with Gasteiger partial charge in [-0.3, -0.25) is 0 Å². The summed E-state index contributed by atoms with van der Waals surface area (Å²) in [5, 5.41) is 3.31. The fourth-order valence-electron chi connectivity index (χ4n) is 1.68. The van der Waals surface area contributed by atoms with Gasteiger partial charge in [0, 0.05) is 12.5 Å². The second kappa shape index (κ2) is 5.50. The summed E-state index contributed by atoms with van der Waals surface area (Å²) in [6.07, 6.45) is 7.01. The third-order valence-electron chi connectivity index (χ3n) is 2.31. The first-order valence-electron chi connectivity index (χ1n) is 4.76. The number of hydrogen-bond acceptors (Lipinski definition) is 2. The molecule has 1 aliphatic carbocycles. The van der Waals surface area contributed by atoms with E-state index in [1.54, 1.807) is 0 Å². The van der Waals surface area contributed by atoms with Gasteiger partial charge < -0.3 is 11.1 Å². The summed E-state index contributed by atoms with van der Waals surface area (Å²) in [4.78, 5) is 1.28. The van der Waals surface area contributed by atoms with Crippen LogP contribution < -0.4 is 11.1 Å². The van der Waals surface area contributed by atoms with Crippen molar-refractivity contribution >= 4 is 34.4 Å². The molecular formula is C9H16N2S2. The fourth-order valence-corrected chi connectivity index (χ4v) is 2.24. The molecule has 0 spiro atoms. The maximum absolute atomic E-state index is 5.40. The SMILES string of the molecule is NC(=S)CC(=S)NC1CCCCC1. The zero-order valence-electron chi connectivity index (χ0n) is 7.71. The molecule has 0 heterocycles. The van der Waals surface area contributed by atoms with Crippen LogP contribution in [-0.2, 0) is 0 Å². The predicted molar refractivity (Wildman–Crippen MR) is 64.0 cm³/mol. The lowest BCUT2D eigenvalue weighted by molar-refractivity contribution is 0.414. The minimum atomic E-state index is 0.480. The van der Waals surface area contributed by atoms with Gasteiger partial charge in [0.25, 0.3) is 0 Å². The smallest absolute Gasteiger partial charge is 0.0823 e. The average Bonchev–Trinajstić information content (AvgIpc) is 2.04. The number of nitrogens with one attached hydrogen (secondary N) is 1. The van der Waals surface area contributed by atoms with Gasteiger partial charge >= 0.3 is 0 Å². The Bertz CT molecular complexity index is 198. The van der Waals surface area contributed by atoms with Crippen molar-refractivity contribution in [3.05, 3.63) is 0 Å². The maximum Gasteiger partial charge on any atom is 0.0823 e. The molecule has 0 aliphatic heterocycles. The van der Waals surface area contributed by atoms with Crippen LogP contribution >= 0.6 is 24.4 Å². The summed E-state index contributed by atoms with van der Waals surface area (Å²) in [5.74, 6) is 0. The van der Waals surface area contributed by atoms with E-state index in [0.29, 0.717) is 17.5 Å². The molecule has 0 bridgehead atoms. The van der Waals surface area contributed by atoms with E-state index in [1.807, 2.05) is 0 Å². The first-order chi connectivity index (χ1) is 6.18. The van der Waals surface area contributed by atoms with Gasteiger partial charge in [-0.05, 0) is 12.8 Å². The molecule has 0 aromatic carbocycles.